The summed E-state index contributed by atoms with van der Waals surface area (Å²) in [5, 5.41) is 11.2. The molecule has 0 N–H and O–H groups in total. The number of hydrogen-bond donors (Lipinski definition) is 0. The maximum absolute atomic E-state index is 11.2. The van der Waals surface area contributed by atoms with Crippen LogP contribution in [0, 0.1) is 10.1 Å². The van der Waals surface area contributed by atoms with E-state index in [0.717, 1.165) is 37.0 Å². The van der Waals surface area contributed by atoms with Crippen molar-refractivity contribution >= 4 is 16.7 Å². The fourth-order valence-corrected chi connectivity index (χ4v) is 3.54. The molecular weight excluding hydrogens is 430 g/mol. The predicted octanol–water partition coefficient (Wildman–Crippen LogP) is 1.33. The Bertz CT molecular complexity index is 1100. The van der Waals surface area contributed by atoms with E-state index in [9.17, 15) is 10.1 Å². The molecule has 1 heterocycles. The molecule has 0 saturated heterocycles. The molecule has 0 aliphatic heterocycles. The predicted molar refractivity (Wildman–Crippen MR) is 109 cm³/mol. The molecule has 4 aromatic rings. The Labute approximate surface area is 180 Å². The summed E-state index contributed by atoms with van der Waals surface area (Å²) in [4.78, 5) is 10.9. The zero-order valence-corrected chi connectivity index (χ0v) is 17.5. The van der Waals surface area contributed by atoms with Crippen molar-refractivity contribution in [3.8, 4) is 0 Å². The molecule has 0 bridgehead atoms. The van der Waals surface area contributed by atoms with Crippen molar-refractivity contribution in [3.05, 3.63) is 106 Å². The highest BCUT2D eigenvalue weighted by molar-refractivity contribution is 5.75. The summed E-state index contributed by atoms with van der Waals surface area (Å²) in [6, 6.07) is 25.8. The number of hydrogen-bond acceptors (Lipinski definition) is 2. The molecule has 0 aliphatic carbocycles. The highest BCUT2D eigenvalue weighted by atomic mass is 79.9. The molecule has 0 amide bonds. The van der Waals surface area contributed by atoms with E-state index in [1.54, 1.807) is 12.1 Å². The number of nitro benzene ring substituents is 1. The van der Waals surface area contributed by atoms with Crippen LogP contribution in [-0.4, -0.2) is 9.49 Å². The molecule has 0 saturated carbocycles. The zero-order valence-electron chi connectivity index (χ0n) is 15.9. The van der Waals surface area contributed by atoms with Crippen molar-refractivity contribution in [1.82, 2.24) is 4.57 Å². The Kier molecular flexibility index (Phi) is 6.77. The lowest BCUT2D eigenvalue weighted by atomic mass is 10.1. The maximum Gasteiger partial charge on any atom is 0.273 e. The Hall–Kier alpha value is -2.99. The molecule has 4 rings (SSSR count). The van der Waals surface area contributed by atoms with Crippen LogP contribution in [0.15, 0.2) is 85.2 Å². The normalized spacial score (nSPS) is 10.6. The molecule has 5 nitrogen and oxygen atoms in total. The molecule has 6 heteroatoms. The molecule has 0 radical (unpaired) electrons. The number of non-ortho nitro benzene ring substituents is 1. The molecule has 0 fully saturated rings. The summed E-state index contributed by atoms with van der Waals surface area (Å²) in [6.45, 7) is 1.61. The highest BCUT2D eigenvalue weighted by Crippen LogP contribution is 2.20. The Morgan fingerprint density at radius 1 is 0.862 bits per heavy atom. The van der Waals surface area contributed by atoms with Crippen LogP contribution < -0.4 is 21.5 Å². The number of imidazole rings is 1. The molecule has 0 spiro atoms. The van der Waals surface area contributed by atoms with Crippen molar-refractivity contribution in [2.45, 2.75) is 25.9 Å². The van der Waals surface area contributed by atoms with Crippen molar-refractivity contribution in [1.29, 1.82) is 0 Å². The van der Waals surface area contributed by atoms with Crippen molar-refractivity contribution < 1.29 is 26.5 Å². The number of halogens is 1. The molecule has 0 unspecified atom stereocenters. The van der Waals surface area contributed by atoms with Gasteiger partial charge in [0.05, 0.1) is 24.1 Å². The Balaban J connectivity index is 0.00000240. The van der Waals surface area contributed by atoms with Crippen LogP contribution >= 0.6 is 0 Å². The number of fused-ring (bicyclic) bond motifs is 1. The average Bonchev–Trinajstić information content (AvgIpc) is 3.09. The Morgan fingerprint density at radius 3 is 2.10 bits per heavy atom. The van der Waals surface area contributed by atoms with Crippen LogP contribution in [0.2, 0.25) is 0 Å². The van der Waals surface area contributed by atoms with Gasteiger partial charge in [-0.05, 0) is 17.2 Å². The third-order valence-corrected chi connectivity index (χ3v) is 5.04. The topological polar surface area (TPSA) is 52.0 Å². The van der Waals surface area contributed by atoms with Gasteiger partial charge >= 0.3 is 0 Å². The summed E-state index contributed by atoms with van der Waals surface area (Å²) < 4.78 is 4.32. The molecular formula is C23H22BrN3O2. The maximum atomic E-state index is 11.2. The van der Waals surface area contributed by atoms with Gasteiger partial charge in [0.25, 0.3) is 5.69 Å². The lowest BCUT2D eigenvalue weighted by molar-refractivity contribution is -0.671. The number of aromatic nitrogens is 2. The monoisotopic (exact) mass is 451 g/mol. The van der Waals surface area contributed by atoms with Crippen LogP contribution in [0.25, 0.3) is 11.0 Å². The van der Waals surface area contributed by atoms with Gasteiger partial charge in [0.2, 0.25) is 6.33 Å². The van der Waals surface area contributed by atoms with Crippen molar-refractivity contribution in [2.24, 2.45) is 0 Å². The lowest BCUT2D eigenvalue weighted by Gasteiger charge is -1.99. The third kappa shape index (κ3) is 4.90. The Morgan fingerprint density at radius 2 is 1.48 bits per heavy atom. The summed E-state index contributed by atoms with van der Waals surface area (Å²) in [6.07, 6.45) is 3.88. The van der Waals surface area contributed by atoms with E-state index in [-0.39, 0.29) is 27.6 Å². The first-order valence-electron chi connectivity index (χ1n) is 9.45. The average molecular weight is 452 g/mol. The van der Waals surface area contributed by atoms with Crippen LogP contribution in [0.1, 0.15) is 11.1 Å². The molecule has 0 aliphatic rings. The van der Waals surface area contributed by atoms with E-state index in [1.165, 1.54) is 11.1 Å². The fourth-order valence-electron chi connectivity index (χ4n) is 3.54. The van der Waals surface area contributed by atoms with Crippen LogP contribution in [-0.2, 0) is 25.9 Å². The zero-order chi connectivity index (χ0) is 19.3. The highest BCUT2D eigenvalue weighted by Gasteiger charge is 2.19. The first-order valence-corrected chi connectivity index (χ1v) is 9.45. The minimum atomic E-state index is -0.331. The van der Waals surface area contributed by atoms with E-state index in [4.69, 9.17) is 0 Å². The van der Waals surface area contributed by atoms with Gasteiger partial charge in [0, 0.05) is 18.9 Å². The minimum absolute atomic E-state index is 0. The van der Waals surface area contributed by atoms with Gasteiger partial charge in [0.1, 0.15) is 0 Å². The molecule has 3 aromatic carbocycles. The summed E-state index contributed by atoms with van der Waals surface area (Å²) in [7, 11) is 0. The number of benzene rings is 3. The van der Waals surface area contributed by atoms with Gasteiger partial charge in [-0.25, -0.2) is 9.13 Å². The second-order valence-corrected chi connectivity index (χ2v) is 6.90. The first-order chi connectivity index (χ1) is 13.7. The van der Waals surface area contributed by atoms with Crippen molar-refractivity contribution in [3.63, 3.8) is 0 Å². The van der Waals surface area contributed by atoms with Gasteiger partial charge in [-0.15, -0.1) is 0 Å². The van der Waals surface area contributed by atoms with Gasteiger partial charge in [-0.2, -0.15) is 0 Å². The van der Waals surface area contributed by atoms with Crippen LogP contribution in [0.4, 0.5) is 5.69 Å². The SMILES string of the molecule is O=[N+]([O-])c1ccc2c(c1)n(CCc1ccccc1)c[n+]2CCc1ccccc1.[Br-]. The first kappa shape index (κ1) is 20.7. The van der Waals surface area contributed by atoms with Gasteiger partial charge in [-0.1, -0.05) is 60.7 Å². The standard InChI is InChI=1S/C23H22N3O2.BrH/c27-26(28)21-11-12-22-23(17-21)25(16-14-20-9-5-2-6-10-20)18-24(22)15-13-19-7-3-1-4-8-19;/h1-12,17-18H,13-16H2;1H/q+1;/p-1. The summed E-state index contributed by atoms with van der Waals surface area (Å²) >= 11 is 0. The van der Waals surface area contributed by atoms with Gasteiger partial charge in [0.15, 0.2) is 11.0 Å². The van der Waals surface area contributed by atoms with Crippen LogP contribution in [0.5, 0.6) is 0 Å². The smallest absolute Gasteiger partial charge is 0.273 e. The largest absolute Gasteiger partial charge is 1.00 e. The molecule has 148 valence electrons. The molecule has 29 heavy (non-hydrogen) atoms. The van der Waals surface area contributed by atoms with E-state index in [2.05, 4.69) is 39.7 Å². The fraction of sp³-hybridized carbons (Fsp3) is 0.174. The summed E-state index contributed by atoms with van der Waals surface area (Å²) in [5.74, 6) is 0. The lowest BCUT2D eigenvalue weighted by Crippen LogP contribution is -3.00. The number of nitro groups is 1. The second-order valence-electron chi connectivity index (χ2n) is 6.90. The number of nitrogens with zero attached hydrogens (tertiary/aromatic N) is 3. The second kappa shape index (κ2) is 9.47. The minimum Gasteiger partial charge on any atom is -1.00 e. The van der Waals surface area contributed by atoms with Crippen LogP contribution in [0.3, 0.4) is 0 Å². The quantitative estimate of drug-likeness (QED) is 0.241. The third-order valence-electron chi connectivity index (χ3n) is 5.04. The molecule has 1 aromatic heterocycles. The van der Waals surface area contributed by atoms with E-state index < -0.39 is 0 Å². The van der Waals surface area contributed by atoms with Gasteiger partial charge in [-0.3, -0.25) is 10.1 Å². The summed E-state index contributed by atoms with van der Waals surface area (Å²) in [5.41, 5.74) is 4.59. The van der Waals surface area contributed by atoms with E-state index in [0.29, 0.717) is 0 Å². The number of aryl methyl sites for hydroxylation is 4. The van der Waals surface area contributed by atoms with Gasteiger partial charge < -0.3 is 17.0 Å². The van der Waals surface area contributed by atoms with Crippen molar-refractivity contribution in [2.75, 3.05) is 0 Å². The van der Waals surface area contributed by atoms with E-state index in [1.807, 2.05) is 42.5 Å². The number of rotatable bonds is 7. The van der Waals surface area contributed by atoms with E-state index >= 15 is 0 Å². The molecule has 0 atom stereocenters.